The molecule has 5 nitrogen and oxygen atoms in total. The van der Waals surface area contributed by atoms with Gasteiger partial charge in [0, 0.05) is 0 Å². The van der Waals surface area contributed by atoms with Crippen LogP contribution in [0.3, 0.4) is 0 Å². The Balaban J connectivity index is 1.94. The quantitative estimate of drug-likeness (QED) is 0.631. The van der Waals surface area contributed by atoms with Gasteiger partial charge >= 0.3 is 5.97 Å². The van der Waals surface area contributed by atoms with E-state index >= 15 is 0 Å². The van der Waals surface area contributed by atoms with Gasteiger partial charge in [-0.2, -0.15) is 0 Å². The number of carbonyl (C=O) groups is 2. The van der Waals surface area contributed by atoms with E-state index in [0.717, 1.165) is 16.9 Å². The highest BCUT2D eigenvalue weighted by Gasteiger charge is 2.33. The van der Waals surface area contributed by atoms with Crippen molar-refractivity contribution in [3.63, 3.8) is 0 Å². The average molecular weight is 385 g/mol. The van der Waals surface area contributed by atoms with E-state index in [-0.39, 0.29) is 11.5 Å². The predicted octanol–water partition coefficient (Wildman–Crippen LogP) is 4.11. The molecule has 0 unspecified atom stereocenters. The minimum atomic E-state index is -1.05. The zero-order chi connectivity index (χ0) is 18.8. The summed E-state index contributed by atoms with van der Waals surface area (Å²) in [6.07, 6.45) is 1.79. The van der Waals surface area contributed by atoms with Gasteiger partial charge in [-0.05, 0) is 54.5 Å². The molecule has 0 atom stereocenters. The van der Waals surface area contributed by atoms with Gasteiger partial charge in [0.05, 0.1) is 23.3 Å². The molecule has 2 aromatic carbocycles. The molecule has 0 bridgehead atoms. The lowest BCUT2D eigenvalue weighted by Gasteiger charge is -2.14. The highest BCUT2D eigenvalue weighted by Crippen LogP contribution is 2.36. The van der Waals surface area contributed by atoms with Gasteiger partial charge in [0.1, 0.15) is 5.75 Å². The standard InChI is InChI=1S/C19H15NO4S2/c1-11-8-15(24-2)7-6-12(11)10-16-17(21)20(19(25)26-16)14-5-3-4-13(9-14)18(22)23/h3-10H,1-2H3,(H,22,23)/b16-10-. The number of amides is 1. The highest BCUT2D eigenvalue weighted by molar-refractivity contribution is 8.27. The summed E-state index contributed by atoms with van der Waals surface area (Å²) in [6.45, 7) is 1.94. The van der Waals surface area contributed by atoms with Crippen molar-refractivity contribution in [2.24, 2.45) is 0 Å². The summed E-state index contributed by atoms with van der Waals surface area (Å²) in [4.78, 5) is 25.8. The van der Waals surface area contributed by atoms with Crippen LogP contribution in [0.15, 0.2) is 47.4 Å². The maximum atomic E-state index is 12.8. The minimum absolute atomic E-state index is 0.103. The second-order valence-electron chi connectivity index (χ2n) is 5.60. The van der Waals surface area contributed by atoms with E-state index in [1.54, 1.807) is 25.3 Å². The van der Waals surface area contributed by atoms with Crippen molar-refractivity contribution in [1.29, 1.82) is 0 Å². The number of hydrogen-bond donors (Lipinski definition) is 1. The molecule has 1 fully saturated rings. The van der Waals surface area contributed by atoms with Crippen LogP contribution in [0.2, 0.25) is 0 Å². The summed E-state index contributed by atoms with van der Waals surface area (Å²) in [5, 5.41) is 9.14. The molecule has 1 N–H and O–H groups in total. The van der Waals surface area contributed by atoms with Gasteiger partial charge in [-0.25, -0.2) is 4.79 Å². The number of anilines is 1. The number of hydrogen-bond acceptors (Lipinski definition) is 5. The van der Waals surface area contributed by atoms with Gasteiger partial charge in [0.25, 0.3) is 5.91 Å². The summed E-state index contributed by atoms with van der Waals surface area (Å²) in [6, 6.07) is 11.8. The summed E-state index contributed by atoms with van der Waals surface area (Å²) < 4.78 is 5.56. The Hall–Kier alpha value is -2.64. The van der Waals surface area contributed by atoms with E-state index in [2.05, 4.69) is 0 Å². The fourth-order valence-electron chi connectivity index (χ4n) is 2.55. The molecule has 1 amide bonds. The summed E-state index contributed by atoms with van der Waals surface area (Å²) in [5.74, 6) is -0.572. The van der Waals surface area contributed by atoms with Crippen molar-refractivity contribution >= 4 is 51.9 Å². The van der Waals surface area contributed by atoms with E-state index in [0.29, 0.717) is 14.9 Å². The van der Waals surface area contributed by atoms with Crippen molar-refractivity contribution in [3.8, 4) is 5.75 Å². The Labute approximate surface area is 160 Å². The number of carbonyl (C=O) groups excluding carboxylic acids is 1. The maximum absolute atomic E-state index is 12.8. The lowest BCUT2D eigenvalue weighted by Crippen LogP contribution is -2.27. The van der Waals surface area contributed by atoms with Crippen LogP contribution in [0.25, 0.3) is 6.08 Å². The first-order chi connectivity index (χ1) is 12.4. The third kappa shape index (κ3) is 3.49. The monoisotopic (exact) mass is 385 g/mol. The van der Waals surface area contributed by atoms with E-state index < -0.39 is 5.97 Å². The second kappa shape index (κ2) is 7.31. The number of aromatic carboxylic acids is 1. The van der Waals surface area contributed by atoms with E-state index in [1.807, 2.05) is 25.1 Å². The zero-order valence-electron chi connectivity index (χ0n) is 14.1. The second-order valence-corrected chi connectivity index (χ2v) is 7.27. The number of ether oxygens (including phenoxy) is 1. The molecule has 0 saturated carbocycles. The number of carboxylic acid groups (broad SMARTS) is 1. The molecule has 0 aliphatic carbocycles. The largest absolute Gasteiger partial charge is 0.497 e. The molecular weight excluding hydrogens is 370 g/mol. The molecule has 1 aliphatic heterocycles. The maximum Gasteiger partial charge on any atom is 0.335 e. The Kier molecular flexibility index (Phi) is 5.11. The lowest BCUT2D eigenvalue weighted by molar-refractivity contribution is -0.113. The molecule has 2 aromatic rings. The van der Waals surface area contributed by atoms with Gasteiger partial charge < -0.3 is 9.84 Å². The lowest BCUT2D eigenvalue weighted by atomic mass is 10.1. The summed E-state index contributed by atoms with van der Waals surface area (Å²) >= 11 is 6.53. The first-order valence-electron chi connectivity index (χ1n) is 7.66. The smallest absolute Gasteiger partial charge is 0.335 e. The molecule has 26 heavy (non-hydrogen) atoms. The average Bonchev–Trinajstić information content (AvgIpc) is 2.90. The van der Waals surface area contributed by atoms with Crippen LogP contribution in [0.1, 0.15) is 21.5 Å². The third-order valence-electron chi connectivity index (χ3n) is 3.91. The number of methoxy groups -OCH3 is 1. The van der Waals surface area contributed by atoms with E-state index in [9.17, 15) is 9.59 Å². The first-order valence-corrected chi connectivity index (χ1v) is 8.89. The molecular formula is C19H15NO4S2. The van der Waals surface area contributed by atoms with Gasteiger partial charge in [-0.1, -0.05) is 36.1 Å². The van der Waals surface area contributed by atoms with Crippen LogP contribution >= 0.6 is 24.0 Å². The van der Waals surface area contributed by atoms with Crippen LogP contribution in [-0.4, -0.2) is 28.4 Å². The van der Waals surface area contributed by atoms with Gasteiger partial charge in [-0.15, -0.1) is 0 Å². The molecule has 3 rings (SSSR count). The number of carboxylic acids is 1. The van der Waals surface area contributed by atoms with Crippen molar-refractivity contribution in [2.75, 3.05) is 12.0 Å². The topological polar surface area (TPSA) is 66.8 Å². The molecule has 0 aromatic heterocycles. The zero-order valence-corrected chi connectivity index (χ0v) is 15.7. The van der Waals surface area contributed by atoms with Gasteiger partial charge in [-0.3, -0.25) is 9.69 Å². The molecule has 0 spiro atoms. The van der Waals surface area contributed by atoms with Crippen LogP contribution in [0.5, 0.6) is 5.75 Å². The Morgan fingerprint density at radius 2 is 2.04 bits per heavy atom. The Morgan fingerprint density at radius 1 is 1.27 bits per heavy atom. The number of thioether (sulfide) groups is 1. The highest BCUT2D eigenvalue weighted by atomic mass is 32.2. The van der Waals surface area contributed by atoms with Crippen LogP contribution in [0, 0.1) is 6.92 Å². The number of rotatable bonds is 4. The Bertz CT molecular complexity index is 952. The van der Waals surface area contributed by atoms with Gasteiger partial charge in [0.2, 0.25) is 0 Å². The van der Waals surface area contributed by atoms with Gasteiger partial charge in [0.15, 0.2) is 4.32 Å². The number of benzene rings is 2. The van der Waals surface area contributed by atoms with Crippen LogP contribution in [-0.2, 0) is 4.79 Å². The van der Waals surface area contributed by atoms with Crippen molar-refractivity contribution in [3.05, 3.63) is 64.1 Å². The summed E-state index contributed by atoms with van der Waals surface area (Å²) in [7, 11) is 1.60. The summed E-state index contributed by atoms with van der Waals surface area (Å²) in [5.41, 5.74) is 2.42. The third-order valence-corrected chi connectivity index (χ3v) is 5.21. The minimum Gasteiger partial charge on any atom is -0.497 e. The van der Waals surface area contributed by atoms with E-state index in [1.165, 1.54) is 28.8 Å². The SMILES string of the molecule is COc1ccc(/C=C2\SC(=S)N(c3cccc(C(=O)O)c3)C2=O)c(C)c1. The molecule has 1 aliphatic rings. The Morgan fingerprint density at radius 3 is 2.69 bits per heavy atom. The predicted molar refractivity (Wildman–Crippen MR) is 107 cm³/mol. The number of thiocarbonyl (C=S) groups is 1. The number of nitrogens with zero attached hydrogens (tertiary/aromatic N) is 1. The normalized spacial score (nSPS) is 15.6. The molecule has 132 valence electrons. The van der Waals surface area contributed by atoms with Crippen LogP contribution in [0.4, 0.5) is 5.69 Å². The first kappa shape index (κ1) is 18.2. The van der Waals surface area contributed by atoms with Crippen LogP contribution < -0.4 is 9.64 Å². The molecule has 1 heterocycles. The van der Waals surface area contributed by atoms with E-state index in [4.69, 9.17) is 22.1 Å². The molecule has 7 heteroatoms. The fourth-order valence-corrected chi connectivity index (χ4v) is 3.84. The molecule has 0 radical (unpaired) electrons. The van der Waals surface area contributed by atoms with Crippen molar-refractivity contribution in [1.82, 2.24) is 0 Å². The van der Waals surface area contributed by atoms with Crippen molar-refractivity contribution in [2.45, 2.75) is 6.92 Å². The fraction of sp³-hybridized carbons (Fsp3) is 0.105. The molecule has 1 saturated heterocycles. The van der Waals surface area contributed by atoms with Crippen molar-refractivity contribution < 1.29 is 19.4 Å². The number of aryl methyl sites for hydroxylation is 1.